The lowest BCUT2D eigenvalue weighted by atomic mass is 10.2. The van der Waals surface area contributed by atoms with E-state index in [9.17, 15) is 12.6 Å². The Labute approximate surface area is 121 Å². The highest BCUT2D eigenvalue weighted by atomic mass is 32.2. The van der Waals surface area contributed by atoms with Gasteiger partial charge in [-0.05, 0) is 30.5 Å². The maximum absolute atomic E-state index is 12.2. The van der Waals surface area contributed by atoms with Gasteiger partial charge in [0.25, 0.3) is 0 Å². The van der Waals surface area contributed by atoms with Crippen LogP contribution in [0.4, 0.5) is 0 Å². The summed E-state index contributed by atoms with van der Waals surface area (Å²) in [5.74, 6) is 1.10. The molecule has 0 atom stereocenters. The molecule has 1 aliphatic rings. The highest BCUT2D eigenvalue weighted by Gasteiger charge is 2.23. The first-order valence-corrected chi connectivity index (χ1v) is 9.31. The van der Waals surface area contributed by atoms with Crippen LogP contribution in [-0.4, -0.2) is 30.2 Å². The van der Waals surface area contributed by atoms with E-state index in [1.807, 2.05) is 6.07 Å². The molecule has 0 bridgehead atoms. The Balaban J connectivity index is 2.06. The summed E-state index contributed by atoms with van der Waals surface area (Å²) in [4.78, 5) is 0.200. The maximum atomic E-state index is 12.2. The van der Waals surface area contributed by atoms with Gasteiger partial charge in [0.1, 0.15) is 0 Å². The first-order valence-electron chi connectivity index (χ1n) is 6.34. The van der Waals surface area contributed by atoms with Gasteiger partial charge in [-0.3, -0.25) is 4.21 Å². The lowest BCUT2D eigenvalue weighted by Gasteiger charge is -2.22. The number of hydrogen-bond donors (Lipinski definition) is 1. The van der Waals surface area contributed by atoms with Gasteiger partial charge in [-0.25, -0.2) is 13.1 Å². The monoisotopic (exact) mass is 312 g/mol. The van der Waals surface area contributed by atoms with Gasteiger partial charge in [0.05, 0.1) is 17.4 Å². The van der Waals surface area contributed by atoms with Crippen molar-refractivity contribution in [1.82, 2.24) is 4.72 Å². The van der Waals surface area contributed by atoms with Crippen molar-refractivity contribution >= 4 is 20.8 Å². The Morgan fingerprint density at radius 1 is 1.25 bits per heavy atom. The molecule has 0 radical (unpaired) electrons. The number of hydrogen-bond acceptors (Lipinski definition) is 4. The summed E-state index contributed by atoms with van der Waals surface area (Å²) in [5.41, 5.74) is 0.791. The summed E-state index contributed by atoms with van der Waals surface area (Å²) in [5, 5.41) is 8.58. The zero-order chi connectivity index (χ0) is 14.6. The predicted octanol–water partition coefficient (Wildman–Crippen LogP) is 0.942. The smallest absolute Gasteiger partial charge is 0.240 e. The van der Waals surface area contributed by atoms with Crippen molar-refractivity contribution in [1.29, 1.82) is 5.26 Å². The second-order valence-electron chi connectivity index (χ2n) is 4.72. The molecule has 1 heterocycles. The molecule has 1 aromatic rings. The van der Waals surface area contributed by atoms with E-state index in [4.69, 9.17) is 5.26 Å². The molecule has 1 fully saturated rings. The molecule has 2 rings (SSSR count). The van der Waals surface area contributed by atoms with E-state index >= 15 is 0 Å². The van der Waals surface area contributed by atoms with Crippen LogP contribution in [0.5, 0.6) is 0 Å². The number of nitriles is 1. The van der Waals surface area contributed by atoms with Crippen LogP contribution in [0.25, 0.3) is 0 Å². The van der Waals surface area contributed by atoms with E-state index in [0.29, 0.717) is 24.3 Å². The summed E-state index contributed by atoms with van der Waals surface area (Å²) in [6.07, 6.45) is 1.49. The highest BCUT2D eigenvalue weighted by molar-refractivity contribution is 7.89. The van der Waals surface area contributed by atoms with E-state index in [-0.39, 0.29) is 17.4 Å². The lowest BCUT2D eigenvalue weighted by Crippen LogP contribution is -2.39. The number of sulfonamides is 1. The minimum absolute atomic E-state index is 0.142. The summed E-state index contributed by atoms with van der Waals surface area (Å²) in [6, 6.07) is 8.19. The average Bonchev–Trinajstić information content (AvgIpc) is 2.42. The topological polar surface area (TPSA) is 87.0 Å². The third kappa shape index (κ3) is 3.88. The third-order valence-electron chi connectivity index (χ3n) is 3.23. The van der Waals surface area contributed by atoms with Crippen LogP contribution < -0.4 is 4.72 Å². The molecule has 1 aliphatic heterocycles. The molecule has 5 nitrogen and oxygen atoms in total. The zero-order valence-electron chi connectivity index (χ0n) is 10.9. The van der Waals surface area contributed by atoms with Crippen LogP contribution in [0.15, 0.2) is 29.2 Å². The quantitative estimate of drug-likeness (QED) is 0.896. The molecule has 1 N–H and O–H groups in total. The van der Waals surface area contributed by atoms with E-state index in [1.165, 1.54) is 12.1 Å². The average molecular weight is 312 g/mol. The van der Waals surface area contributed by atoms with Crippen molar-refractivity contribution in [3.63, 3.8) is 0 Å². The van der Waals surface area contributed by atoms with Crippen molar-refractivity contribution < 1.29 is 12.6 Å². The molecule has 0 aromatic heterocycles. The van der Waals surface area contributed by atoms with Gasteiger partial charge >= 0.3 is 0 Å². The fourth-order valence-electron chi connectivity index (χ4n) is 2.08. The molecular weight excluding hydrogens is 296 g/mol. The SMILES string of the molecule is N#CCc1ccc(S(=O)(=O)NC2CCS(=O)CC2)cc1. The number of rotatable bonds is 4. The van der Waals surface area contributed by atoms with Crippen LogP contribution in [0.1, 0.15) is 18.4 Å². The Bertz CT molecular complexity index is 623. The molecule has 0 spiro atoms. The van der Waals surface area contributed by atoms with Crippen LogP contribution in [0, 0.1) is 11.3 Å². The second-order valence-corrected chi connectivity index (χ2v) is 8.13. The van der Waals surface area contributed by atoms with Gasteiger partial charge in [0.2, 0.25) is 10.0 Å². The minimum atomic E-state index is -3.54. The van der Waals surface area contributed by atoms with Gasteiger partial charge in [-0.15, -0.1) is 0 Å². The van der Waals surface area contributed by atoms with Crippen LogP contribution in [-0.2, 0) is 27.2 Å². The molecule has 7 heteroatoms. The van der Waals surface area contributed by atoms with Crippen molar-refractivity contribution in [3.8, 4) is 6.07 Å². The van der Waals surface area contributed by atoms with Gasteiger partial charge in [0, 0.05) is 28.3 Å². The Kier molecular flexibility index (Phi) is 4.91. The summed E-state index contributed by atoms with van der Waals surface area (Å²) in [7, 11) is -4.35. The van der Waals surface area contributed by atoms with Crippen molar-refractivity contribution in [2.45, 2.75) is 30.2 Å². The standard InChI is InChI=1S/C13H16N2O3S2/c14-8-5-11-1-3-13(4-2-11)20(17,18)15-12-6-9-19(16)10-7-12/h1-4,12,15H,5-7,9-10H2. The van der Waals surface area contributed by atoms with Crippen molar-refractivity contribution in [3.05, 3.63) is 29.8 Å². The summed E-state index contributed by atoms with van der Waals surface area (Å²) < 4.78 is 38.3. The van der Waals surface area contributed by atoms with Crippen LogP contribution in [0.2, 0.25) is 0 Å². The first kappa shape index (κ1) is 15.2. The van der Waals surface area contributed by atoms with Gasteiger partial charge in [-0.1, -0.05) is 12.1 Å². The first-order chi connectivity index (χ1) is 9.51. The fourth-order valence-corrected chi connectivity index (χ4v) is 4.68. The number of nitrogens with one attached hydrogen (secondary N) is 1. The second kappa shape index (κ2) is 6.48. The lowest BCUT2D eigenvalue weighted by molar-refractivity contribution is 0.522. The molecule has 20 heavy (non-hydrogen) atoms. The van der Waals surface area contributed by atoms with E-state index in [0.717, 1.165) is 5.56 Å². The van der Waals surface area contributed by atoms with Gasteiger partial charge in [0.15, 0.2) is 0 Å². The summed E-state index contributed by atoms with van der Waals surface area (Å²) >= 11 is 0. The van der Waals surface area contributed by atoms with Crippen LogP contribution >= 0.6 is 0 Å². The fraction of sp³-hybridized carbons (Fsp3) is 0.462. The van der Waals surface area contributed by atoms with E-state index in [2.05, 4.69) is 4.72 Å². The highest BCUT2D eigenvalue weighted by Crippen LogP contribution is 2.15. The van der Waals surface area contributed by atoms with Crippen molar-refractivity contribution in [2.75, 3.05) is 11.5 Å². The molecule has 1 aromatic carbocycles. The van der Waals surface area contributed by atoms with Gasteiger partial charge in [-0.2, -0.15) is 5.26 Å². The summed E-state index contributed by atoms with van der Waals surface area (Å²) in [6.45, 7) is 0. The Morgan fingerprint density at radius 2 is 1.85 bits per heavy atom. The zero-order valence-corrected chi connectivity index (χ0v) is 12.5. The number of nitrogens with zero attached hydrogens (tertiary/aromatic N) is 1. The third-order valence-corrected chi connectivity index (χ3v) is 6.15. The molecule has 108 valence electrons. The molecule has 0 unspecified atom stereocenters. The number of benzene rings is 1. The Hall–Kier alpha value is -1.23. The van der Waals surface area contributed by atoms with E-state index in [1.54, 1.807) is 12.1 Å². The van der Waals surface area contributed by atoms with Crippen LogP contribution in [0.3, 0.4) is 0 Å². The maximum Gasteiger partial charge on any atom is 0.240 e. The molecule has 0 saturated carbocycles. The van der Waals surface area contributed by atoms with Crippen molar-refractivity contribution in [2.24, 2.45) is 0 Å². The molecule has 0 aliphatic carbocycles. The normalized spacial score (nSPS) is 23.1. The Morgan fingerprint density at radius 3 is 2.40 bits per heavy atom. The molecule has 0 amide bonds. The van der Waals surface area contributed by atoms with E-state index < -0.39 is 20.8 Å². The minimum Gasteiger partial charge on any atom is -0.260 e. The molecule has 1 saturated heterocycles. The van der Waals surface area contributed by atoms with Gasteiger partial charge < -0.3 is 0 Å². The predicted molar refractivity (Wildman–Crippen MR) is 77.0 cm³/mol. The largest absolute Gasteiger partial charge is 0.260 e. The molecular formula is C13H16N2O3S2.